The molecular formula is C20H32N2O5S. The molecule has 0 spiro atoms. The lowest BCUT2D eigenvalue weighted by molar-refractivity contribution is 0.0643. The number of piperazine rings is 1. The number of hydrogen-bond donors (Lipinski definition) is 0. The predicted octanol–water partition coefficient (Wildman–Crippen LogP) is 1.92. The molecule has 0 N–H and O–H groups in total. The lowest BCUT2D eigenvalue weighted by Crippen LogP contribution is -2.49. The van der Waals surface area contributed by atoms with Crippen molar-refractivity contribution in [3.63, 3.8) is 0 Å². The fourth-order valence-electron chi connectivity index (χ4n) is 2.98. The molecule has 2 rings (SSSR count). The number of amides is 1. The van der Waals surface area contributed by atoms with Gasteiger partial charge in [0.2, 0.25) is 0 Å². The molecule has 0 saturated carbocycles. The highest BCUT2D eigenvalue weighted by Crippen LogP contribution is 2.29. The lowest BCUT2D eigenvalue weighted by Gasteiger charge is -2.34. The van der Waals surface area contributed by atoms with Crippen LogP contribution in [0.1, 0.15) is 30.6 Å². The van der Waals surface area contributed by atoms with Crippen molar-refractivity contribution in [1.82, 2.24) is 9.80 Å². The molecule has 1 aromatic carbocycles. The Morgan fingerprint density at radius 3 is 2.39 bits per heavy atom. The SMILES string of the molecule is COc1cc(C(=O)N2CCN(CCS(C)(=O)=O)CC2)ccc1OCCC(C)C. The second kappa shape index (κ2) is 10.1. The van der Waals surface area contributed by atoms with Gasteiger partial charge in [-0.1, -0.05) is 13.8 Å². The molecule has 0 bridgehead atoms. The Balaban J connectivity index is 1.93. The maximum absolute atomic E-state index is 12.8. The fourth-order valence-corrected chi connectivity index (χ4v) is 3.57. The van der Waals surface area contributed by atoms with E-state index >= 15 is 0 Å². The first kappa shape index (κ1) is 22.5. The van der Waals surface area contributed by atoms with E-state index < -0.39 is 9.84 Å². The number of ether oxygens (including phenoxy) is 2. The summed E-state index contributed by atoms with van der Waals surface area (Å²) < 4.78 is 33.8. The normalized spacial score (nSPS) is 15.7. The average Bonchev–Trinajstić information content (AvgIpc) is 2.65. The molecule has 0 aliphatic carbocycles. The highest BCUT2D eigenvalue weighted by atomic mass is 32.2. The van der Waals surface area contributed by atoms with Crippen LogP contribution in [0.5, 0.6) is 11.5 Å². The number of carbonyl (C=O) groups excluding carboxylic acids is 1. The van der Waals surface area contributed by atoms with Gasteiger partial charge < -0.3 is 14.4 Å². The minimum Gasteiger partial charge on any atom is -0.493 e. The molecule has 1 amide bonds. The van der Waals surface area contributed by atoms with E-state index in [-0.39, 0.29) is 11.7 Å². The molecule has 0 aromatic heterocycles. The van der Waals surface area contributed by atoms with Gasteiger partial charge >= 0.3 is 0 Å². The van der Waals surface area contributed by atoms with Gasteiger partial charge in [-0.25, -0.2) is 8.42 Å². The van der Waals surface area contributed by atoms with Crippen molar-refractivity contribution < 1.29 is 22.7 Å². The molecule has 0 unspecified atom stereocenters. The molecule has 7 nitrogen and oxygen atoms in total. The van der Waals surface area contributed by atoms with Crippen LogP contribution in [0, 0.1) is 5.92 Å². The molecular weight excluding hydrogens is 380 g/mol. The van der Waals surface area contributed by atoms with E-state index in [0.717, 1.165) is 6.42 Å². The van der Waals surface area contributed by atoms with E-state index in [0.29, 0.717) is 62.3 Å². The number of hydrogen-bond acceptors (Lipinski definition) is 6. The average molecular weight is 413 g/mol. The predicted molar refractivity (Wildman–Crippen MR) is 110 cm³/mol. The van der Waals surface area contributed by atoms with Crippen molar-refractivity contribution in [1.29, 1.82) is 0 Å². The van der Waals surface area contributed by atoms with Gasteiger partial charge in [-0.2, -0.15) is 0 Å². The zero-order chi connectivity index (χ0) is 20.7. The molecule has 8 heteroatoms. The van der Waals surface area contributed by atoms with Gasteiger partial charge in [0, 0.05) is 44.5 Å². The molecule has 1 aliphatic rings. The Kier molecular flexibility index (Phi) is 8.12. The van der Waals surface area contributed by atoms with E-state index in [9.17, 15) is 13.2 Å². The number of methoxy groups -OCH3 is 1. The van der Waals surface area contributed by atoms with Crippen LogP contribution in [0.15, 0.2) is 18.2 Å². The van der Waals surface area contributed by atoms with Crippen LogP contribution in [0.3, 0.4) is 0 Å². The minimum absolute atomic E-state index is 0.0465. The Morgan fingerprint density at radius 2 is 1.82 bits per heavy atom. The third-order valence-electron chi connectivity index (χ3n) is 4.80. The van der Waals surface area contributed by atoms with E-state index in [1.54, 1.807) is 30.2 Å². The summed E-state index contributed by atoms with van der Waals surface area (Å²) in [7, 11) is -1.40. The van der Waals surface area contributed by atoms with E-state index in [1.165, 1.54) is 6.26 Å². The van der Waals surface area contributed by atoms with Crippen LogP contribution in [-0.2, 0) is 9.84 Å². The van der Waals surface area contributed by atoms with Crippen molar-refractivity contribution in [2.24, 2.45) is 5.92 Å². The summed E-state index contributed by atoms with van der Waals surface area (Å²) in [5.74, 6) is 1.86. The largest absolute Gasteiger partial charge is 0.493 e. The summed E-state index contributed by atoms with van der Waals surface area (Å²) in [4.78, 5) is 16.7. The van der Waals surface area contributed by atoms with Crippen molar-refractivity contribution >= 4 is 15.7 Å². The van der Waals surface area contributed by atoms with Gasteiger partial charge in [0.25, 0.3) is 5.91 Å². The van der Waals surface area contributed by atoms with E-state index in [2.05, 4.69) is 18.7 Å². The van der Waals surface area contributed by atoms with E-state index in [1.807, 2.05) is 0 Å². The van der Waals surface area contributed by atoms with E-state index in [4.69, 9.17) is 9.47 Å². The van der Waals surface area contributed by atoms with Crippen LogP contribution >= 0.6 is 0 Å². The Bertz CT molecular complexity index is 756. The highest BCUT2D eigenvalue weighted by molar-refractivity contribution is 7.90. The monoisotopic (exact) mass is 412 g/mol. The highest BCUT2D eigenvalue weighted by Gasteiger charge is 2.23. The summed E-state index contributed by atoms with van der Waals surface area (Å²) in [5, 5.41) is 0. The molecule has 28 heavy (non-hydrogen) atoms. The lowest BCUT2D eigenvalue weighted by atomic mass is 10.1. The molecule has 158 valence electrons. The summed E-state index contributed by atoms with van der Waals surface area (Å²) in [6.07, 6.45) is 2.20. The third-order valence-corrected chi connectivity index (χ3v) is 5.73. The fraction of sp³-hybridized carbons (Fsp3) is 0.650. The zero-order valence-electron chi connectivity index (χ0n) is 17.3. The summed E-state index contributed by atoms with van der Waals surface area (Å²) >= 11 is 0. The number of benzene rings is 1. The van der Waals surface area contributed by atoms with Gasteiger partial charge in [0.05, 0.1) is 19.5 Å². The zero-order valence-corrected chi connectivity index (χ0v) is 18.1. The summed E-state index contributed by atoms with van der Waals surface area (Å²) in [5.41, 5.74) is 0.567. The number of nitrogens with zero attached hydrogens (tertiary/aromatic N) is 2. The third kappa shape index (κ3) is 6.98. The summed E-state index contributed by atoms with van der Waals surface area (Å²) in [6, 6.07) is 5.28. The quantitative estimate of drug-likeness (QED) is 0.617. The molecule has 0 radical (unpaired) electrons. The minimum atomic E-state index is -2.97. The first-order valence-corrected chi connectivity index (χ1v) is 11.8. The summed E-state index contributed by atoms with van der Waals surface area (Å²) in [6.45, 7) is 7.92. The van der Waals surface area contributed by atoms with Crippen LogP contribution in [0.2, 0.25) is 0 Å². The molecule has 1 fully saturated rings. The number of rotatable bonds is 9. The van der Waals surface area contributed by atoms with Gasteiger partial charge in [-0.3, -0.25) is 9.69 Å². The maximum atomic E-state index is 12.8. The van der Waals surface area contributed by atoms with Crippen molar-refractivity contribution in [3.05, 3.63) is 23.8 Å². The number of sulfone groups is 1. The molecule has 1 saturated heterocycles. The second-order valence-electron chi connectivity index (χ2n) is 7.66. The Morgan fingerprint density at radius 1 is 1.14 bits per heavy atom. The second-order valence-corrected chi connectivity index (χ2v) is 9.92. The van der Waals surface area contributed by atoms with Crippen LogP contribution in [0.25, 0.3) is 0 Å². The topological polar surface area (TPSA) is 76.2 Å². The number of carbonyl (C=O) groups is 1. The molecule has 1 heterocycles. The van der Waals surface area contributed by atoms with Crippen LogP contribution in [0.4, 0.5) is 0 Å². The smallest absolute Gasteiger partial charge is 0.254 e. The van der Waals surface area contributed by atoms with Gasteiger partial charge in [0.15, 0.2) is 11.5 Å². The molecule has 0 atom stereocenters. The standard InChI is InChI=1S/C20H32N2O5S/c1-16(2)7-13-27-18-6-5-17(15-19(18)26-3)20(23)22-10-8-21(9-11-22)12-14-28(4,24)25/h5-6,15-16H,7-14H2,1-4H3. The van der Waals surface area contributed by atoms with Crippen LogP contribution < -0.4 is 9.47 Å². The first-order valence-electron chi connectivity index (χ1n) is 9.70. The van der Waals surface area contributed by atoms with Gasteiger partial charge in [-0.05, 0) is 30.5 Å². The first-order chi connectivity index (χ1) is 13.2. The van der Waals surface area contributed by atoms with Gasteiger partial charge in [-0.15, -0.1) is 0 Å². The van der Waals surface area contributed by atoms with Crippen molar-refractivity contribution in [2.45, 2.75) is 20.3 Å². The molecule has 1 aromatic rings. The van der Waals surface area contributed by atoms with Crippen molar-refractivity contribution in [2.75, 3.05) is 58.4 Å². The maximum Gasteiger partial charge on any atom is 0.254 e. The molecule has 1 aliphatic heterocycles. The Labute approximate surface area is 168 Å². The Hall–Kier alpha value is -1.80. The van der Waals surface area contributed by atoms with Crippen molar-refractivity contribution in [3.8, 4) is 11.5 Å². The van der Waals surface area contributed by atoms with Gasteiger partial charge in [0.1, 0.15) is 9.84 Å². The van der Waals surface area contributed by atoms with Crippen LogP contribution in [-0.4, -0.2) is 82.6 Å².